The zero-order chi connectivity index (χ0) is 16.6. The zero-order valence-corrected chi connectivity index (χ0v) is 15.4. The van der Waals surface area contributed by atoms with Gasteiger partial charge < -0.3 is 19.1 Å². The Hall–Kier alpha value is -0.200. The highest BCUT2D eigenvalue weighted by molar-refractivity contribution is 5.04. The molecule has 24 heavy (non-hydrogen) atoms. The molecule has 138 valence electrons. The summed E-state index contributed by atoms with van der Waals surface area (Å²) >= 11 is 0. The largest absolute Gasteiger partial charge is 0.381 e. The van der Waals surface area contributed by atoms with Crippen molar-refractivity contribution in [2.75, 3.05) is 53.6 Å². The van der Waals surface area contributed by atoms with E-state index in [1.807, 2.05) is 7.11 Å². The Morgan fingerprint density at radius 1 is 0.875 bits per heavy atom. The number of hydrogen-bond acceptors (Lipinski definition) is 5. The van der Waals surface area contributed by atoms with Crippen LogP contribution in [0, 0.1) is 5.92 Å². The fourth-order valence-electron chi connectivity index (χ4n) is 5.06. The quantitative estimate of drug-likeness (QED) is 0.763. The summed E-state index contributed by atoms with van der Waals surface area (Å²) in [5.74, 6) is 0.814. The number of hydrogen-bond donors (Lipinski definition) is 0. The molecule has 0 bridgehead atoms. The van der Waals surface area contributed by atoms with Crippen LogP contribution in [-0.4, -0.2) is 87.2 Å². The van der Waals surface area contributed by atoms with Gasteiger partial charge in [0.15, 0.2) is 0 Å². The number of nitrogens with zero attached hydrogens (tertiary/aromatic N) is 2. The van der Waals surface area contributed by atoms with Crippen molar-refractivity contribution < 1.29 is 14.2 Å². The van der Waals surface area contributed by atoms with Gasteiger partial charge in [-0.15, -0.1) is 0 Å². The van der Waals surface area contributed by atoms with Crippen LogP contribution in [0.3, 0.4) is 0 Å². The minimum atomic E-state index is 0.337. The van der Waals surface area contributed by atoms with Crippen LogP contribution in [0.1, 0.15) is 38.5 Å². The lowest BCUT2D eigenvalue weighted by atomic mass is 9.74. The number of methoxy groups -OCH3 is 1. The van der Waals surface area contributed by atoms with E-state index in [0.29, 0.717) is 23.9 Å². The maximum absolute atomic E-state index is 6.29. The van der Waals surface area contributed by atoms with Crippen LogP contribution in [0.2, 0.25) is 0 Å². The van der Waals surface area contributed by atoms with Crippen molar-refractivity contribution in [2.45, 2.75) is 62.4 Å². The molecule has 4 rings (SSSR count). The first-order chi connectivity index (χ1) is 11.7. The van der Waals surface area contributed by atoms with Gasteiger partial charge in [-0.3, -0.25) is 4.90 Å². The molecule has 0 radical (unpaired) electrons. The Balaban J connectivity index is 1.27. The minimum absolute atomic E-state index is 0.337. The lowest BCUT2D eigenvalue weighted by molar-refractivity contribution is -0.193. The molecule has 0 aromatic carbocycles. The second kappa shape index (κ2) is 7.20. The molecule has 0 amide bonds. The summed E-state index contributed by atoms with van der Waals surface area (Å²) in [5, 5.41) is 0. The zero-order valence-electron chi connectivity index (χ0n) is 15.4. The van der Waals surface area contributed by atoms with Gasteiger partial charge in [-0.25, -0.2) is 0 Å². The summed E-state index contributed by atoms with van der Waals surface area (Å²) in [5.41, 5.74) is 0.337. The third kappa shape index (κ3) is 3.26. The number of piperidine rings is 2. The number of ether oxygens (including phenoxy) is 3. The highest BCUT2D eigenvalue weighted by Gasteiger charge is 2.51. The maximum Gasteiger partial charge on any atom is 0.0708 e. The molecule has 1 saturated carbocycles. The molecule has 5 nitrogen and oxygen atoms in total. The Bertz CT molecular complexity index is 407. The maximum atomic E-state index is 6.29. The van der Waals surface area contributed by atoms with Gasteiger partial charge in [-0.05, 0) is 64.6 Å². The fourth-order valence-corrected chi connectivity index (χ4v) is 5.06. The van der Waals surface area contributed by atoms with E-state index in [0.717, 1.165) is 32.0 Å². The third-order valence-corrected chi connectivity index (χ3v) is 7.02. The van der Waals surface area contributed by atoms with Gasteiger partial charge in [0, 0.05) is 20.2 Å². The van der Waals surface area contributed by atoms with E-state index in [1.54, 1.807) is 0 Å². The molecule has 3 aliphatic heterocycles. The molecule has 5 heteroatoms. The second-order valence-corrected chi connectivity index (χ2v) is 8.45. The van der Waals surface area contributed by atoms with Crippen molar-refractivity contribution in [2.24, 2.45) is 5.92 Å². The van der Waals surface area contributed by atoms with Gasteiger partial charge >= 0.3 is 0 Å². The van der Waals surface area contributed by atoms with E-state index < -0.39 is 0 Å². The lowest BCUT2D eigenvalue weighted by Gasteiger charge is -2.57. The van der Waals surface area contributed by atoms with Gasteiger partial charge in [-0.1, -0.05) is 0 Å². The second-order valence-electron chi connectivity index (χ2n) is 8.45. The number of rotatable bonds is 5. The predicted octanol–water partition coefficient (Wildman–Crippen LogP) is 1.76. The van der Waals surface area contributed by atoms with E-state index in [4.69, 9.17) is 14.2 Å². The molecule has 0 spiro atoms. The monoisotopic (exact) mass is 338 g/mol. The first-order valence-electron chi connectivity index (χ1n) is 9.89. The summed E-state index contributed by atoms with van der Waals surface area (Å²) in [7, 11) is 4.06. The van der Waals surface area contributed by atoms with E-state index in [9.17, 15) is 0 Å². The molecule has 4 aliphatic rings. The molecular weight excluding hydrogens is 304 g/mol. The summed E-state index contributed by atoms with van der Waals surface area (Å²) in [4.78, 5) is 5.22. The third-order valence-electron chi connectivity index (χ3n) is 7.02. The first-order valence-corrected chi connectivity index (χ1v) is 9.89. The van der Waals surface area contributed by atoms with Crippen LogP contribution >= 0.6 is 0 Å². The van der Waals surface area contributed by atoms with Crippen molar-refractivity contribution in [3.8, 4) is 0 Å². The van der Waals surface area contributed by atoms with Crippen molar-refractivity contribution in [1.29, 1.82) is 0 Å². The van der Waals surface area contributed by atoms with E-state index in [1.165, 1.54) is 51.9 Å². The van der Waals surface area contributed by atoms with Crippen molar-refractivity contribution in [3.63, 3.8) is 0 Å². The highest BCUT2D eigenvalue weighted by Crippen LogP contribution is 2.40. The number of likely N-dealkylation sites (tertiary alicyclic amines) is 2. The Morgan fingerprint density at radius 2 is 1.54 bits per heavy atom. The van der Waals surface area contributed by atoms with E-state index in [2.05, 4.69) is 16.8 Å². The molecule has 1 aliphatic carbocycles. The molecule has 4 fully saturated rings. The predicted molar refractivity (Wildman–Crippen MR) is 93.3 cm³/mol. The van der Waals surface area contributed by atoms with Crippen LogP contribution in [-0.2, 0) is 14.2 Å². The van der Waals surface area contributed by atoms with Crippen LogP contribution in [0.5, 0.6) is 0 Å². The summed E-state index contributed by atoms with van der Waals surface area (Å²) in [6, 6.07) is 0. The van der Waals surface area contributed by atoms with Crippen LogP contribution in [0.4, 0.5) is 0 Å². The molecular formula is C19H34N2O3. The molecule has 0 N–H and O–H groups in total. The highest BCUT2D eigenvalue weighted by atomic mass is 16.5. The van der Waals surface area contributed by atoms with Crippen LogP contribution in [0.25, 0.3) is 0 Å². The fraction of sp³-hybridized carbons (Fsp3) is 1.00. The van der Waals surface area contributed by atoms with Crippen LogP contribution in [0.15, 0.2) is 0 Å². The summed E-state index contributed by atoms with van der Waals surface area (Å²) in [6.45, 7) is 6.75. The standard InChI is InChI=1S/C19H34N2O3/c1-20-7-3-15(4-8-20)19(13-23-14-19)21-9-5-16(6-10-21)24-18-11-17(12-18)22-2/h15-18H,3-14H2,1-2H3/t17-,18-. The van der Waals surface area contributed by atoms with Crippen molar-refractivity contribution >= 4 is 0 Å². The minimum Gasteiger partial charge on any atom is -0.381 e. The summed E-state index contributed by atoms with van der Waals surface area (Å²) in [6.07, 6.45) is 8.54. The normalized spacial score (nSPS) is 36.2. The van der Waals surface area contributed by atoms with Gasteiger partial charge in [0.05, 0.1) is 37.1 Å². The van der Waals surface area contributed by atoms with Crippen LogP contribution < -0.4 is 0 Å². The molecule has 0 atom stereocenters. The van der Waals surface area contributed by atoms with Gasteiger partial charge in [-0.2, -0.15) is 0 Å². The summed E-state index contributed by atoms with van der Waals surface area (Å²) < 4.78 is 17.4. The van der Waals surface area contributed by atoms with E-state index in [-0.39, 0.29) is 0 Å². The molecule has 0 unspecified atom stereocenters. The molecule has 3 saturated heterocycles. The van der Waals surface area contributed by atoms with E-state index >= 15 is 0 Å². The van der Waals surface area contributed by atoms with Gasteiger partial charge in [0.2, 0.25) is 0 Å². The van der Waals surface area contributed by atoms with Gasteiger partial charge in [0.1, 0.15) is 0 Å². The Kier molecular flexibility index (Phi) is 5.17. The topological polar surface area (TPSA) is 34.2 Å². The Morgan fingerprint density at radius 3 is 2.08 bits per heavy atom. The average Bonchev–Trinajstić information content (AvgIpc) is 2.52. The molecule has 3 heterocycles. The molecule has 0 aromatic heterocycles. The molecule has 0 aromatic rings. The average molecular weight is 338 g/mol. The van der Waals surface area contributed by atoms with Gasteiger partial charge in [0.25, 0.3) is 0 Å². The first kappa shape index (κ1) is 17.2. The van der Waals surface area contributed by atoms with Crippen molar-refractivity contribution in [1.82, 2.24) is 9.80 Å². The lowest BCUT2D eigenvalue weighted by Crippen LogP contribution is -2.69. The van der Waals surface area contributed by atoms with Crippen molar-refractivity contribution in [3.05, 3.63) is 0 Å². The Labute approximate surface area is 146 Å². The SMILES string of the molecule is CO[C@H]1C[C@H](OC2CCN(C3(C4CCN(C)CC4)COC3)CC2)C1. The smallest absolute Gasteiger partial charge is 0.0708 e.